The number of piperazine rings is 1. The second kappa shape index (κ2) is 10.6. The first kappa shape index (κ1) is 21.6. The van der Waals surface area contributed by atoms with Crippen LogP contribution in [0, 0.1) is 5.95 Å². The molecule has 29 heavy (non-hydrogen) atoms. The monoisotopic (exact) mass is 420 g/mol. The molecule has 1 aliphatic heterocycles. The number of rotatable bonds is 9. The van der Waals surface area contributed by atoms with Crippen LogP contribution < -0.4 is 10.2 Å². The number of hydrogen-bond acceptors (Lipinski definition) is 9. The second-order valence-electron chi connectivity index (χ2n) is 7.05. The Morgan fingerprint density at radius 2 is 1.76 bits per heavy atom. The Morgan fingerprint density at radius 3 is 2.48 bits per heavy atom. The molecule has 1 fully saturated rings. The van der Waals surface area contributed by atoms with E-state index < -0.39 is 5.95 Å². The van der Waals surface area contributed by atoms with Gasteiger partial charge in [-0.1, -0.05) is 26.7 Å². The van der Waals surface area contributed by atoms with Crippen molar-refractivity contribution in [3.05, 3.63) is 17.8 Å². The summed E-state index contributed by atoms with van der Waals surface area (Å²) in [6.45, 7) is 7.79. The highest BCUT2D eigenvalue weighted by Gasteiger charge is 2.18. The molecule has 0 aliphatic carbocycles. The molecule has 158 valence electrons. The van der Waals surface area contributed by atoms with Crippen LogP contribution in [0.4, 0.5) is 22.2 Å². The minimum atomic E-state index is -0.565. The molecule has 0 spiro atoms. The number of hydrogen-bond donors (Lipinski definition) is 1. The molecule has 10 heteroatoms. The molecule has 3 rings (SSSR count). The van der Waals surface area contributed by atoms with E-state index in [2.05, 4.69) is 54.0 Å². The van der Waals surface area contributed by atoms with Crippen LogP contribution in [0.1, 0.15) is 38.9 Å². The van der Waals surface area contributed by atoms with Crippen molar-refractivity contribution in [2.75, 3.05) is 49.2 Å². The zero-order valence-electron chi connectivity index (χ0n) is 17.4. The van der Waals surface area contributed by atoms with Crippen molar-refractivity contribution in [2.24, 2.45) is 0 Å². The topological polar surface area (TPSA) is 83.0 Å². The van der Waals surface area contributed by atoms with Gasteiger partial charge in [0.1, 0.15) is 10.9 Å². The lowest BCUT2D eigenvalue weighted by Gasteiger charge is -2.32. The number of anilines is 3. The first-order valence-electron chi connectivity index (χ1n) is 10.2. The minimum absolute atomic E-state index is 0.167. The molecule has 0 radical (unpaired) electrons. The molecule has 0 atom stereocenters. The van der Waals surface area contributed by atoms with Gasteiger partial charge in [0.05, 0.1) is 0 Å². The number of unbranched alkanes of at least 4 members (excludes halogenated alkanes) is 2. The van der Waals surface area contributed by atoms with E-state index in [-0.39, 0.29) is 5.95 Å². The molecule has 2 aromatic rings. The smallest absolute Gasteiger partial charge is 0.234 e. The summed E-state index contributed by atoms with van der Waals surface area (Å²) in [4.78, 5) is 26.2. The van der Waals surface area contributed by atoms with Gasteiger partial charge in [0, 0.05) is 38.7 Å². The number of aryl methyl sites for hydroxylation is 1. The van der Waals surface area contributed by atoms with Crippen molar-refractivity contribution in [3.8, 4) is 0 Å². The third-order valence-electron chi connectivity index (χ3n) is 4.67. The molecule has 1 N–H and O–H groups in total. The Balaban J connectivity index is 1.75. The standard InChI is InChI=1S/C19H29FN8S/c1-4-6-7-12-29-16-13-14(20)21-17(24-16)25-18-22-15(5-2)23-19(26-18)28-10-8-27(3)9-11-28/h13H,4-12H2,1-3H3,(H,21,22,23,24,25,26). The maximum absolute atomic E-state index is 14.0. The van der Waals surface area contributed by atoms with Crippen molar-refractivity contribution < 1.29 is 4.39 Å². The maximum Gasteiger partial charge on any atom is 0.234 e. The number of likely N-dealkylation sites (N-methyl/N-ethyl adjacent to an activating group) is 1. The molecule has 1 aliphatic rings. The van der Waals surface area contributed by atoms with E-state index in [1.807, 2.05) is 6.92 Å². The van der Waals surface area contributed by atoms with Gasteiger partial charge in [0.2, 0.25) is 23.8 Å². The predicted molar refractivity (Wildman–Crippen MR) is 114 cm³/mol. The van der Waals surface area contributed by atoms with Crippen LogP contribution in [0.15, 0.2) is 11.1 Å². The highest BCUT2D eigenvalue weighted by molar-refractivity contribution is 7.99. The van der Waals surface area contributed by atoms with Gasteiger partial charge in [-0.25, -0.2) is 4.98 Å². The van der Waals surface area contributed by atoms with Gasteiger partial charge in [-0.3, -0.25) is 5.32 Å². The first-order chi connectivity index (χ1) is 14.1. The molecule has 0 aromatic carbocycles. The lowest BCUT2D eigenvalue weighted by atomic mass is 10.3. The van der Waals surface area contributed by atoms with Crippen molar-refractivity contribution in [1.29, 1.82) is 0 Å². The number of halogens is 1. The minimum Gasteiger partial charge on any atom is -0.338 e. The molecule has 0 bridgehead atoms. The van der Waals surface area contributed by atoms with Crippen molar-refractivity contribution >= 4 is 29.6 Å². The highest BCUT2D eigenvalue weighted by Crippen LogP contribution is 2.21. The van der Waals surface area contributed by atoms with Crippen LogP contribution in [0.3, 0.4) is 0 Å². The summed E-state index contributed by atoms with van der Waals surface area (Å²) in [7, 11) is 2.11. The average molecular weight is 421 g/mol. The quantitative estimate of drug-likeness (QED) is 0.374. The number of nitrogens with one attached hydrogen (secondary N) is 1. The fourth-order valence-electron chi connectivity index (χ4n) is 2.92. The van der Waals surface area contributed by atoms with E-state index >= 15 is 0 Å². The van der Waals surface area contributed by atoms with Crippen molar-refractivity contribution in [1.82, 2.24) is 29.8 Å². The van der Waals surface area contributed by atoms with E-state index in [0.29, 0.717) is 29.2 Å². The Labute approximate surface area is 175 Å². The summed E-state index contributed by atoms with van der Waals surface area (Å²) in [6, 6.07) is 1.36. The van der Waals surface area contributed by atoms with Crippen LogP contribution in [-0.2, 0) is 6.42 Å². The van der Waals surface area contributed by atoms with Gasteiger partial charge in [-0.2, -0.15) is 24.3 Å². The molecular formula is C19H29FN8S. The molecule has 3 heterocycles. The Kier molecular flexibility index (Phi) is 7.93. The predicted octanol–water partition coefficient (Wildman–Crippen LogP) is 3.14. The fourth-order valence-corrected chi connectivity index (χ4v) is 3.81. The zero-order chi connectivity index (χ0) is 20.6. The van der Waals surface area contributed by atoms with E-state index in [0.717, 1.165) is 51.2 Å². The van der Waals surface area contributed by atoms with Crippen LogP contribution in [0.5, 0.6) is 0 Å². The van der Waals surface area contributed by atoms with Gasteiger partial charge in [0.15, 0.2) is 0 Å². The van der Waals surface area contributed by atoms with Crippen molar-refractivity contribution in [2.45, 2.75) is 44.6 Å². The Hall–Kier alpha value is -2.07. The molecule has 1 saturated heterocycles. The summed E-state index contributed by atoms with van der Waals surface area (Å²) in [5.74, 6) is 2.17. The molecule has 2 aromatic heterocycles. The normalized spacial score (nSPS) is 15.0. The van der Waals surface area contributed by atoms with E-state index in [9.17, 15) is 4.39 Å². The van der Waals surface area contributed by atoms with Gasteiger partial charge in [-0.15, -0.1) is 11.8 Å². The van der Waals surface area contributed by atoms with Crippen LogP contribution in [-0.4, -0.2) is 68.8 Å². The summed E-state index contributed by atoms with van der Waals surface area (Å²) < 4.78 is 14.0. The Bertz CT molecular complexity index is 798. The summed E-state index contributed by atoms with van der Waals surface area (Å²) in [6.07, 6.45) is 4.07. The van der Waals surface area contributed by atoms with Crippen LogP contribution in [0.2, 0.25) is 0 Å². The molecular weight excluding hydrogens is 391 g/mol. The second-order valence-corrected chi connectivity index (χ2v) is 8.17. The maximum atomic E-state index is 14.0. The summed E-state index contributed by atoms with van der Waals surface area (Å²) >= 11 is 1.54. The fraction of sp³-hybridized carbons (Fsp3) is 0.632. The van der Waals surface area contributed by atoms with Crippen molar-refractivity contribution in [3.63, 3.8) is 0 Å². The highest BCUT2D eigenvalue weighted by atomic mass is 32.2. The Morgan fingerprint density at radius 1 is 1.00 bits per heavy atom. The third kappa shape index (κ3) is 6.46. The van der Waals surface area contributed by atoms with Gasteiger partial charge >= 0.3 is 0 Å². The first-order valence-corrected chi connectivity index (χ1v) is 11.2. The zero-order valence-corrected chi connectivity index (χ0v) is 18.2. The number of aromatic nitrogens is 5. The SMILES string of the molecule is CCCCCSc1cc(F)nc(Nc2nc(CC)nc(N3CCN(C)CC3)n2)n1. The average Bonchev–Trinajstić information content (AvgIpc) is 2.71. The lowest BCUT2D eigenvalue weighted by Crippen LogP contribution is -2.45. The molecule has 0 saturated carbocycles. The lowest BCUT2D eigenvalue weighted by molar-refractivity contribution is 0.311. The van der Waals surface area contributed by atoms with E-state index in [4.69, 9.17) is 0 Å². The number of thioether (sulfide) groups is 1. The number of nitrogens with zero attached hydrogens (tertiary/aromatic N) is 7. The van der Waals surface area contributed by atoms with Crippen LogP contribution in [0.25, 0.3) is 0 Å². The van der Waals surface area contributed by atoms with E-state index in [1.54, 1.807) is 0 Å². The van der Waals surface area contributed by atoms with Gasteiger partial charge < -0.3 is 9.80 Å². The molecule has 0 amide bonds. The van der Waals surface area contributed by atoms with Gasteiger partial charge in [0.25, 0.3) is 0 Å². The summed E-state index contributed by atoms with van der Waals surface area (Å²) in [5.41, 5.74) is 0. The molecule has 8 nitrogen and oxygen atoms in total. The third-order valence-corrected chi connectivity index (χ3v) is 5.66. The largest absolute Gasteiger partial charge is 0.338 e. The van der Waals surface area contributed by atoms with E-state index in [1.165, 1.54) is 17.8 Å². The molecule has 0 unspecified atom stereocenters. The van der Waals surface area contributed by atoms with Crippen LogP contribution >= 0.6 is 11.8 Å². The van der Waals surface area contributed by atoms with Gasteiger partial charge in [-0.05, 0) is 19.2 Å². The summed E-state index contributed by atoms with van der Waals surface area (Å²) in [5, 5.41) is 3.59.